The van der Waals surface area contributed by atoms with E-state index >= 15 is 0 Å². The second-order valence-corrected chi connectivity index (χ2v) is 5.72. The number of aryl methyl sites for hydroxylation is 1. The molecule has 0 aromatic heterocycles. The lowest BCUT2D eigenvalue weighted by atomic mass is 10.1. The van der Waals surface area contributed by atoms with Gasteiger partial charge in [0.25, 0.3) is 0 Å². The molecule has 0 atom stereocenters. The fourth-order valence-electron chi connectivity index (χ4n) is 1.59. The van der Waals surface area contributed by atoms with Gasteiger partial charge in [-0.2, -0.15) is 0 Å². The van der Waals surface area contributed by atoms with Crippen LogP contribution >= 0.6 is 27.7 Å². The number of nitrogens with two attached hydrogens (primary N) is 1. The Morgan fingerprint density at radius 2 is 1.71 bits per heavy atom. The van der Waals surface area contributed by atoms with Gasteiger partial charge in [-0.3, -0.25) is 0 Å². The van der Waals surface area contributed by atoms with Gasteiger partial charge in [0.2, 0.25) is 0 Å². The van der Waals surface area contributed by atoms with Crippen LogP contribution in [-0.4, -0.2) is 5.75 Å². The van der Waals surface area contributed by atoms with E-state index in [-0.39, 0.29) is 0 Å². The predicted octanol–water partition coefficient (Wildman–Crippen LogP) is 4.37. The van der Waals surface area contributed by atoms with Crippen molar-refractivity contribution in [2.75, 3.05) is 11.5 Å². The molecule has 1 nitrogen and oxygen atoms in total. The lowest BCUT2D eigenvalue weighted by Crippen LogP contribution is -1.95. The first-order valence-corrected chi connectivity index (χ1v) is 7.26. The number of para-hydroxylation sites is 1. The quantitative estimate of drug-likeness (QED) is 0.670. The van der Waals surface area contributed by atoms with E-state index in [0.29, 0.717) is 0 Å². The summed E-state index contributed by atoms with van der Waals surface area (Å²) in [5, 5.41) is 0. The zero-order chi connectivity index (χ0) is 12.1. The summed E-state index contributed by atoms with van der Waals surface area (Å²) in [7, 11) is 0. The van der Waals surface area contributed by atoms with Crippen molar-refractivity contribution in [3.63, 3.8) is 0 Å². The molecule has 2 N–H and O–H groups in total. The van der Waals surface area contributed by atoms with Gasteiger partial charge < -0.3 is 5.73 Å². The van der Waals surface area contributed by atoms with E-state index in [9.17, 15) is 0 Å². The first-order chi connectivity index (χ1) is 8.27. The molecular weight excluding hydrogens is 294 g/mol. The smallest absolute Gasteiger partial charge is 0.0346 e. The first-order valence-electron chi connectivity index (χ1n) is 5.48. The number of benzene rings is 2. The van der Waals surface area contributed by atoms with Crippen LogP contribution in [0, 0.1) is 0 Å². The van der Waals surface area contributed by atoms with Gasteiger partial charge in [0.1, 0.15) is 0 Å². The van der Waals surface area contributed by atoms with Gasteiger partial charge in [0.05, 0.1) is 0 Å². The Labute approximate surface area is 115 Å². The average Bonchev–Trinajstić information content (AvgIpc) is 2.34. The third-order valence-corrected chi connectivity index (χ3v) is 4.55. The van der Waals surface area contributed by atoms with Crippen molar-refractivity contribution in [1.82, 2.24) is 0 Å². The topological polar surface area (TPSA) is 26.0 Å². The van der Waals surface area contributed by atoms with Crippen molar-refractivity contribution < 1.29 is 0 Å². The van der Waals surface area contributed by atoms with Crippen molar-refractivity contribution in [3.8, 4) is 0 Å². The summed E-state index contributed by atoms with van der Waals surface area (Å²) in [6.45, 7) is 0. The second kappa shape index (κ2) is 6.12. The van der Waals surface area contributed by atoms with E-state index in [1.807, 2.05) is 36.0 Å². The average molecular weight is 308 g/mol. The normalized spacial score (nSPS) is 10.4. The minimum Gasteiger partial charge on any atom is -0.399 e. The first kappa shape index (κ1) is 12.5. The zero-order valence-corrected chi connectivity index (χ0v) is 11.8. The van der Waals surface area contributed by atoms with Gasteiger partial charge in [0, 0.05) is 20.8 Å². The van der Waals surface area contributed by atoms with E-state index in [4.69, 9.17) is 5.73 Å². The Hall–Kier alpha value is -0.930. The number of hydrogen-bond donors (Lipinski definition) is 1. The zero-order valence-electron chi connectivity index (χ0n) is 9.40. The number of hydrogen-bond acceptors (Lipinski definition) is 2. The lowest BCUT2D eigenvalue weighted by Gasteiger charge is -2.06. The van der Waals surface area contributed by atoms with Gasteiger partial charge in [-0.25, -0.2) is 0 Å². The van der Waals surface area contributed by atoms with Crippen molar-refractivity contribution in [2.45, 2.75) is 11.3 Å². The van der Waals surface area contributed by atoms with Crippen LogP contribution < -0.4 is 5.73 Å². The van der Waals surface area contributed by atoms with Crippen LogP contribution in [0.5, 0.6) is 0 Å². The molecule has 0 spiro atoms. The molecule has 17 heavy (non-hydrogen) atoms. The molecule has 0 heterocycles. The number of halogens is 1. The molecule has 3 heteroatoms. The molecule has 0 saturated carbocycles. The highest BCUT2D eigenvalue weighted by Gasteiger charge is 2.01. The number of rotatable bonds is 4. The minimum absolute atomic E-state index is 0.889. The van der Waals surface area contributed by atoms with Gasteiger partial charge >= 0.3 is 0 Å². The highest BCUT2D eigenvalue weighted by atomic mass is 79.9. The second-order valence-electron chi connectivity index (χ2n) is 3.73. The maximum Gasteiger partial charge on any atom is 0.0346 e. The Balaban J connectivity index is 1.93. The molecule has 0 saturated heterocycles. The molecule has 0 aliphatic heterocycles. The molecule has 0 aliphatic carbocycles. The highest BCUT2D eigenvalue weighted by molar-refractivity contribution is 9.10. The Bertz CT molecular complexity index is 454. The fourth-order valence-corrected chi connectivity index (χ4v) is 3.15. The van der Waals surface area contributed by atoms with Gasteiger partial charge in [-0.1, -0.05) is 30.3 Å². The number of anilines is 1. The van der Waals surface area contributed by atoms with E-state index in [1.54, 1.807) is 0 Å². The van der Waals surface area contributed by atoms with Crippen molar-refractivity contribution in [3.05, 3.63) is 58.6 Å². The van der Waals surface area contributed by atoms with Gasteiger partial charge in [-0.15, -0.1) is 11.8 Å². The summed E-state index contributed by atoms with van der Waals surface area (Å²) < 4.78 is 1.16. The van der Waals surface area contributed by atoms with E-state index < -0.39 is 0 Å². The molecule has 2 aromatic carbocycles. The molecule has 2 rings (SSSR count). The van der Waals surface area contributed by atoms with Crippen LogP contribution in [0.4, 0.5) is 5.69 Å². The summed E-state index contributed by atoms with van der Waals surface area (Å²) in [6, 6.07) is 16.3. The Morgan fingerprint density at radius 1 is 1.00 bits per heavy atom. The van der Waals surface area contributed by atoms with Crippen LogP contribution in [0.15, 0.2) is 57.9 Å². The maximum atomic E-state index is 5.91. The van der Waals surface area contributed by atoms with Gasteiger partial charge in [-0.05, 0) is 46.1 Å². The van der Waals surface area contributed by atoms with Crippen LogP contribution in [0.2, 0.25) is 0 Å². The summed E-state index contributed by atoms with van der Waals surface area (Å²) in [5.41, 5.74) is 8.03. The molecule has 0 amide bonds. The molecule has 0 radical (unpaired) electrons. The number of thioether (sulfide) groups is 1. The van der Waals surface area contributed by atoms with Crippen LogP contribution in [0.3, 0.4) is 0 Å². The minimum atomic E-state index is 0.889. The van der Waals surface area contributed by atoms with Crippen molar-refractivity contribution in [2.24, 2.45) is 0 Å². The van der Waals surface area contributed by atoms with Gasteiger partial charge in [0.15, 0.2) is 0 Å². The van der Waals surface area contributed by atoms with Crippen LogP contribution in [0.1, 0.15) is 5.56 Å². The van der Waals surface area contributed by atoms with E-state index in [1.165, 1.54) is 10.5 Å². The van der Waals surface area contributed by atoms with Crippen molar-refractivity contribution in [1.29, 1.82) is 0 Å². The third kappa shape index (κ3) is 3.51. The SMILES string of the molecule is Nc1ccccc1CCSc1ccccc1Br. The maximum absolute atomic E-state index is 5.91. The molecule has 0 aliphatic rings. The largest absolute Gasteiger partial charge is 0.399 e. The lowest BCUT2D eigenvalue weighted by molar-refractivity contribution is 1.16. The summed E-state index contributed by atoms with van der Waals surface area (Å²) in [6.07, 6.45) is 0.999. The Morgan fingerprint density at radius 3 is 2.47 bits per heavy atom. The molecular formula is C14H14BrNS. The molecule has 0 bridgehead atoms. The standard InChI is InChI=1S/C14H14BrNS/c15-12-6-2-4-8-14(12)17-10-9-11-5-1-3-7-13(11)16/h1-8H,9-10,16H2. The predicted molar refractivity (Wildman–Crippen MR) is 79.4 cm³/mol. The molecule has 0 fully saturated rings. The molecule has 2 aromatic rings. The summed E-state index contributed by atoms with van der Waals surface area (Å²) >= 11 is 5.40. The Kier molecular flexibility index (Phi) is 4.51. The third-order valence-electron chi connectivity index (χ3n) is 2.52. The number of nitrogen functional groups attached to an aromatic ring is 1. The fraction of sp³-hybridized carbons (Fsp3) is 0.143. The van der Waals surface area contributed by atoms with Crippen LogP contribution in [0.25, 0.3) is 0 Å². The van der Waals surface area contributed by atoms with Crippen molar-refractivity contribution >= 4 is 33.4 Å². The molecule has 88 valence electrons. The van der Waals surface area contributed by atoms with Crippen LogP contribution in [-0.2, 0) is 6.42 Å². The van der Waals surface area contributed by atoms with E-state index in [2.05, 4.69) is 40.2 Å². The summed E-state index contributed by atoms with van der Waals surface area (Å²) in [5.74, 6) is 1.04. The molecule has 0 unspecified atom stereocenters. The van der Waals surface area contributed by atoms with E-state index in [0.717, 1.165) is 22.3 Å². The highest BCUT2D eigenvalue weighted by Crippen LogP contribution is 2.27. The monoisotopic (exact) mass is 307 g/mol. The summed E-state index contributed by atoms with van der Waals surface area (Å²) in [4.78, 5) is 1.28.